The Kier molecular flexibility index (Phi) is 3.63. The van der Waals surface area contributed by atoms with Crippen molar-refractivity contribution in [3.05, 3.63) is 36.0 Å². The molecule has 0 amide bonds. The average Bonchev–Trinajstić information content (AvgIpc) is 2.29. The number of aliphatic hydroxyl groups is 1. The Hall–Kier alpha value is -0.900. The smallest absolute Gasteiger partial charge is 0.161 e. The second kappa shape index (κ2) is 4.55. The maximum atomic E-state index is 9.43. The summed E-state index contributed by atoms with van der Waals surface area (Å²) in [6.07, 6.45) is 9.41. The molecule has 3 heteroatoms. The highest BCUT2D eigenvalue weighted by molar-refractivity contribution is 5.32. The molecule has 0 heterocycles. The Balaban J connectivity index is 2.72. The van der Waals surface area contributed by atoms with E-state index in [-0.39, 0.29) is 5.54 Å². The lowest BCUT2D eigenvalue weighted by molar-refractivity contribution is 0.0934. The Labute approximate surface area is 85.2 Å². The summed E-state index contributed by atoms with van der Waals surface area (Å²) in [5.74, 6) is 0. The maximum Gasteiger partial charge on any atom is 0.161 e. The van der Waals surface area contributed by atoms with Crippen LogP contribution in [0.15, 0.2) is 36.0 Å². The molecule has 3 nitrogen and oxygen atoms in total. The van der Waals surface area contributed by atoms with Gasteiger partial charge in [-0.3, -0.25) is 10.6 Å². The topological polar surface area (TPSA) is 44.3 Å². The van der Waals surface area contributed by atoms with Crippen LogP contribution in [0.3, 0.4) is 0 Å². The van der Waals surface area contributed by atoms with Crippen LogP contribution in [-0.4, -0.2) is 24.0 Å². The van der Waals surface area contributed by atoms with E-state index in [1.807, 2.05) is 44.2 Å². The Bertz CT molecular complexity index is 281. The van der Waals surface area contributed by atoms with Gasteiger partial charge in [0.2, 0.25) is 0 Å². The van der Waals surface area contributed by atoms with Gasteiger partial charge in [0.25, 0.3) is 0 Å². The van der Waals surface area contributed by atoms with Gasteiger partial charge in [0.1, 0.15) is 0 Å². The molecule has 1 aliphatic carbocycles. The van der Waals surface area contributed by atoms with Gasteiger partial charge >= 0.3 is 0 Å². The fourth-order valence-corrected chi connectivity index (χ4v) is 1.28. The fraction of sp³-hybridized carbons (Fsp3) is 0.455. The van der Waals surface area contributed by atoms with Gasteiger partial charge < -0.3 is 5.11 Å². The second-order valence-electron chi connectivity index (χ2n) is 3.72. The summed E-state index contributed by atoms with van der Waals surface area (Å²) in [7, 11) is 1.70. The molecular weight excluding hydrogens is 176 g/mol. The van der Waals surface area contributed by atoms with Crippen LogP contribution >= 0.6 is 0 Å². The molecule has 1 rings (SSSR count). The van der Waals surface area contributed by atoms with Crippen molar-refractivity contribution in [3.8, 4) is 0 Å². The van der Waals surface area contributed by atoms with E-state index in [9.17, 15) is 5.11 Å². The molecule has 3 N–H and O–H groups in total. The molecule has 78 valence electrons. The highest BCUT2D eigenvalue weighted by Crippen LogP contribution is 2.14. The van der Waals surface area contributed by atoms with Gasteiger partial charge in [-0.25, -0.2) is 0 Å². The molecule has 0 radical (unpaired) electrons. The molecule has 0 aliphatic heterocycles. The van der Waals surface area contributed by atoms with Gasteiger partial charge in [-0.1, -0.05) is 36.0 Å². The number of hydrogen-bond acceptors (Lipinski definition) is 3. The lowest BCUT2D eigenvalue weighted by Crippen LogP contribution is -2.51. The molecule has 0 aromatic rings. The average molecular weight is 194 g/mol. The first-order valence-corrected chi connectivity index (χ1v) is 4.74. The summed E-state index contributed by atoms with van der Waals surface area (Å²) in [6, 6.07) is 0. The van der Waals surface area contributed by atoms with Crippen LogP contribution in [0.1, 0.15) is 13.8 Å². The summed E-state index contributed by atoms with van der Waals surface area (Å²) in [4.78, 5) is 0. The monoisotopic (exact) mass is 194 g/mol. The van der Waals surface area contributed by atoms with E-state index in [4.69, 9.17) is 0 Å². The van der Waals surface area contributed by atoms with Crippen molar-refractivity contribution in [3.63, 3.8) is 0 Å². The summed E-state index contributed by atoms with van der Waals surface area (Å²) < 4.78 is 0. The third kappa shape index (κ3) is 3.10. The van der Waals surface area contributed by atoms with E-state index < -0.39 is 6.35 Å². The standard InChI is InChI=1S/C11H18N2O/c1-9-5-4-7-11(2,8-6-9)13-10(14)12-3/h4-8,10,12-14H,1-3H3. The van der Waals surface area contributed by atoms with Crippen LogP contribution in [-0.2, 0) is 0 Å². The molecule has 1 aliphatic rings. The normalized spacial score (nSPS) is 28.4. The van der Waals surface area contributed by atoms with E-state index in [0.29, 0.717) is 0 Å². The van der Waals surface area contributed by atoms with Gasteiger partial charge in [-0.15, -0.1) is 0 Å². The van der Waals surface area contributed by atoms with Gasteiger partial charge in [-0.05, 0) is 20.9 Å². The summed E-state index contributed by atoms with van der Waals surface area (Å²) >= 11 is 0. The molecule has 0 aromatic carbocycles. The highest BCUT2D eigenvalue weighted by atomic mass is 16.3. The minimum atomic E-state index is -0.701. The van der Waals surface area contributed by atoms with E-state index >= 15 is 0 Å². The Morgan fingerprint density at radius 1 is 1.43 bits per heavy atom. The van der Waals surface area contributed by atoms with Crippen molar-refractivity contribution >= 4 is 0 Å². The molecule has 2 unspecified atom stereocenters. The highest BCUT2D eigenvalue weighted by Gasteiger charge is 2.19. The Morgan fingerprint density at radius 2 is 2.14 bits per heavy atom. The predicted molar refractivity (Wildman–Crippen MR) is 58.6 cm³/mol. The van der Waals surface area contributed by atoms with Crippen LogP contribution in [0.5, 0.6) is 0 Å². The van der Waals surface area contributed by atoms with Crippen LogP contribution in [0.25, 0.3) is 0 Å². The third-order valence-electron chi connectivity index (χ3n) is 2.22. The van der Waals surface area contributed by atoms with Crippen LogP contribution in [0.2, 0.25) is 0 Å². The lowest BCUT2D eigenvalue weighted by atomic mass is 10.0. The molecule has 0 bridgehead atoms. The first-order chi connectivity index (χ1) is 6.56. The van der Waals surface area contributed by atoms with E-state index in [1.165, 1.54) is 5.57 Å². The molecular formula is C11H18N2O. The molecule has 0 saturated heterocycles. The predicted octanol–water partition coefficient (Wildman–Crippen LogP) is 0.902. The van der Waals surface area contributed by atoms with Gasteiger partial charge in [-0.2, -0.15) is 0 Å². The van der Waals surface area contributed by atoms with E-state index in [0.717, 1.165) is 0 Å². The van der Waals surface area contributed by atoms with Gasteiger partial charge in [0.15, 0.2) is 6.35 Å². The Morgan fingerprint density at radius 3 is 2.79 bits per heavy atom. The zero-order chi connectivity index (χ0) is 10.6. The third-order valence-corrected chi connectivity index (χ3v) is 2.22. The number of rotatable bonds is 3. The SMILES string of the molecule is CNC(O)NC1(C)C=CC=C(C)C=C1. The summed E-state index contributed by atoms with van der Waals surface area (Å²) in [5.41, 5.74) is 0.891. The van der Waals surface area contributed by atoms with E-state index in [2.05, 4.69) is 10.6 Å². The first-order valence-electron chi connectivity index (χ1n) is 4.74. The molecule has 0 aromatic heterocycles. The minimum Gasteiger partial charge on any atom is -0.365 e. The van der Waals surface area contributed by atoms with Crippen LogP contribution in [0.4, 0.5) is 0 Å². The number of allylic oxidation sites excluding steroid dienone is 4. The minimum absolute atomic E-state index is 0.309. The van der Waals surface area contributed by atoms with Crippen molar-refractivity contribution in [2.45, 2.75) is 25.7 Å². The number of aliphatic hydroxyl groups excluding tert-OH is 1. The quantitative estimate of drug-likeness (QED) is 0.585. The van der Waals surface area contributed by atoms with Gasteiger partial charge in [0, 0.05) is 0 Å². The molecule has 2 atom stereocenters. The van der Waals surface area contributed by atoms with Crippen LogP contribution in [0, 0.1) is 0 Å². The zero-order valence-electron chi connectivity index (χ0n) is 8.91. The number of nitrogens with one attached hydrogen (secondary N) is 2. The lowest BCUT2D eigenvalue weighted by Gasteiger charge is -2.26. The maximum absolute atomic E-state index is 9.43. The van der Waals surface area contributed by atoms with Crippen molar-refractivity contribution in [2.75, 3.05) is 7.05 Å². The summed E-state index contributed by atoms with van der Waals surface area (Å²) in [5, 5.41) is 15.2. The van der Waals surface area contributed by atoms with Crippen molar-refractivity contribution in [1.82, 2.24) is 10.6 Å². The fourth-order valence-electron chi connectivity index (χ4n) is 1.28. The van der Waals surface area contributed by atoms with Crippen molar-refractivity contribution in [2.24, 2.45) is 0 Å². The summed E-state index contributed by atoms with van der Waals surface area (Å²) in [6.45, 7) is 4.05. The van der Waals surface area contributed by atoms with Gasteiger partial charge in [0.05, 0.1) is 5.54 Å². The molecule has 0 fully saturated rings. The molecule has 0 spiro atoms. The number of hydrogen-bond donors (Lipinski definition) is 3. The van der Waals surface area contributed by atoms with E-state index in [1.54, 1.807) is 7.05 Å². The second-order valence-corrected chi connectivity index (χ2v) is 3.72. The van der Waals surface area contributed by atoms with Crippen molar-refractivity contribution < 1.29 is 5.11 Å². The van der Waals surface area contributed by atoms with Crippen molar-refractivity contribution in [1.29, 1.82) is 0 Å². The zero-order valence-corrected chi connectivity index (χ0v) is 8.91. The van der Waals surface area contributed by atoms with Crippen LogP contribution < -0.4 is 10.6 Å². The first kappa shape index (κ1) is 11.2. The molecule has 14 heavy (non-hydrogen) atoms. The largest absolute Gasteiger partial charge is 0.365 e. The molecule has 0 saturated carbocycles.